The van der Waals surface area contributed by atoms with Crippen LogP contribution in [-0.4, -0.2) is 31.0 Å². The molecule has 0 saturated heterocycles. The highest BCUT2D eigenvalue weighted by Crippen LogP contribution is 2.30. The van der Waals surface area contributed by atoms with Crippen LogP contribution in [0.25, 0.3) is 39.4 Å². The molecule has 7 nitrogen and oxygen atoms in total. The first-order valence-electron chi connectivity index (χ1n) is 11.9. The molecular weight excluding hydrogens is 560 g/mol. The molecule has 0 saturated carbocycles. The maximum absolute atomic E-state index is 14.7. The maximum Gasteiger partial charge on any atom is 0.291 e. The summed E-state index contributed by atoms with van der Waals surface area (Å²) in [6.07, 6.45) is 3.52. The fourth-order valence-electron chi connectivity index (χ4n) is 4.11. The zero-order valence-corrected chi connectivity index (χ0v) is 22.6. The molecule has 0 bridgehead atoms. The zero-order chi connectivity index (χ0) is 27.1. The Morgan fingerprint density at radius 1 is 1.05 bits per heavy atom. The van der Waals surface area contributed by atoms with E-state index in [1.807, 2.05) is 30.3 Å². The van der Waals surface area contributed by atoms with E-state index in [0.717, 1.165) is 5.69 Å². The van der Waals surface area contributed by atoms with Gasteiger partial charge in [0.1, 0.15) is 5.69 Å². The molecule has 194 valence electrons. The normalized spacial score (nSPS) is 11.9. The van der Waals surface area contributed by atoms with Crippen molar-refractivity contribution < 1.29 is 9.13 Å². The number of hydrogen-bond acceptors (Lipinski definition) is 6. The van der Waals surface area contributed by atoms with Crippen molar-refractivity contribution in [2.75, 3.05) is 6.61 Å². The molecular formula is C28H18Cl2FN5O2S. The number of para-hydroxylation sites is 1. The van der Waals surface area contributed by atoms with E-state index in [4.69, 9.17) is 33.0 Å². The summed E-state index contributed by atoms with van der Waals surface area (Å²) < 4.78 is 23.4. The Bertz CT molecular complexity index is 1950. The third kappa shape index (κ3) is 4.80. The summed E-state index contributed by atoms with van der Waals surface area (Å²) in [5, 5.41) is 9.98. The Morgan fingerprint density at radius 2 is 1.87 bits per heavy atom. The van der Waals surface area contributed by atoms with Gasteiger partial charge >= 0.3 is 0 Å². The van der Waals surface area contributed by atoms with E-state index in [2.05, 4.69) is 10.1 Å². The van der Waals surface area contributed by atoms with Crippen LogP contribution in [0.4, 0.5) is 4.39 Å². The van der Waals surface area contributed by atoms with Crippen molar-refractivity contribution in [3.63, 3.8) is 0 Å². The first-order chi connectivity index (χ1) is 18.9. The number of fused-ring (bicyclic) bond motifs is 1. The second-order valence-corrected chi connectivity index (χ2v) is 10.3. The number of halogens is 3. The molecule has 0 amide bonds. The van der Waals surface area contributed by atoms with Gasteiger partial charge in [-0.3, -0.25) is 4.79 Å². The van der Waals surface area contributed by atoms with Gasteiger partial charge in [0.05, 0.1) is 21.8 Å². The van der Waals surface area contributed by atoms with Gasteiger partial charge in [-0.15, -0.1) is 5.10 Å². The summed E-state index contributed by atoms with van der Waals surface area (Å²) in [5.74, 6) is -0.00135. The molecule has 0 aliphatic carbocycles. The van der Waals surface area contributed by atoms with Gasteiger partial charge in [0, 0.05) is 27.9 Å². The van der Waals surface area contributed by atoms with Crippen LogP contribution in [-0.2, 0) is 0 Å². The second kappa shape index (κ2) is 10.3. The Morgan fingerprint density at radius 3 is 2.59 bits per heavy atom. The Kier molecular flexibility index (Phi) is 6.64. The summed E-state index contributed by atoms with van der Waals surface area (Å²) in [6, 6.07) is 19.2. The number of aromatic nitrogens is 5. The number of benzene rings is 3. The highest BCUT2D eigenvalue weighted by molar-refractivity contribution is 7.15. The molecule has 11 heteroatoms. The average molecular weight is 578 g/mol. The third-order valence-corrected chi connectivity index (χ3v) is 7.42. The van der Waals surface area contributed by atoms with Gasteiger partial charge in [0.2, 0.25) is 4.96 Å². The molecule has 6 rings (SSSR count). The highest BCUT2D eigenvalue weighted by Gasteiger charge is 2.17. The number of ether oxygens (including phenoxy) is 1. The standard InChI is InChI=1S/C28H18Cl2FN5O2S/c1-2-38-23-11-8-16(12-22(23)31)25-17(15-35(33-25)19-6-4-3-5-7-19)13-24-27(37)36-28(39-24)32-26(34-36)20-10-9-18(29)14-21(20)30/h3-15H,2H2,1H3/b24-13-. The molecule has 6 aromatic rings. The van der Waals surface area contributed by atoms with Gasteiger partial charge < -0.3 is 4.74 Å². The fraction of sp³-hybridized carbons (Fsp3) is 0.0714. The van der Waals surface area contributed by atoms with Gasteiger partial charge in [-0.05, 0) is 61.5 Å². The SMILES string of the molecule is CCOc1ccc(-c2nn(-c3ccccc3)cc2/C=c2\sc3nc(-c4ccc(Cl)cc4Cl)nn3c2=O)cc1F. The molecule has 0 radical (unpaired) electrons. The van der Waals surface area contributed by atoms with Gasteiger partial charge in [0.15, 0.2) is 17.4 Å². The topological polar surface area (TPSA) is 74.3 Å². The van der Waals surface area contributed by atoms with Crippen molar-refractivity contribution in [2.24, 2.45) is 0 Å². The molecule has 0 atom stereocenters. The summed E-state index contributed by atoms with van der Waals surface area (Å²) in [5.41, 5.74) is 2.74. The second-order valence-electron chi connectivity index (χ2n) is 8.46. The predicted molar refractivity (Wildman–Crippen MR) is 152 cm³/mol. The van der Waals surface area contributed by atoms with Crippen LogP contribution in [0.1, 0.15) is 12.5 Å². The van der Waals surface area contributed by atoms with Crippen molar-refractivity contribution in [3.05, 3.63) is 109 Å². The molecule has 0 fully saturated rings. The Labute approximate surface area is 235 Å². The van der Waals surface area contributed by atoms with Crippen LogP contribution in [0.5, 0.6) is 5.75 Å². The first kappa shape index (κ1) is 25.2. The maximum atomic E-state index is 14.7. The quantitative estimate of drug-likeness (QED) is 0.240. The van der Waals surface area contributed by atoms with Crippen LogP contribution in [0.15, 0.2) is 77.7 Å². The van der Waals surface area contributed by atoms with E-state index >= 15 is 0 Å². The Balaban J connectivity index is 1.47. The van der Waals surface area contributed by atoms with E-state index in [-0.39, 0.29) is 11.3 Å². The lowest BCUT2D eigenvalue weighted by Crippen LogP contribution is -2.23. The summed E-state index contributed by atoms with van der Waals surface area (Å²) in [7, 11) is 0. The van der Waals surface area contributed by atoms with E-state index in [1.54, 1.807) is 54.2 Å². The molecule has 3 heterocycles. The van der Waals surface area contributed by atoms with Crippen molar-refractivity contribution >= 4 is 45.6 Å². The monoisotopic (exact) mass is 577 g/mol. The van der Waals surface area contributed by atoms with Crippen molar-refractivity contribution in [1.82, 2.24) is 24.4 Å². The molecule has 0 N–H and O–H groups in total. The minimum Gasteiger partial charge on any atom is -0.491 e. The van der Waals surface area contributed by atoms with Gasteiger partial charge in [-0.1, -0.05) is 52.7 Å². The van der Waals surface area contributed by atoms with Crippen LogP contribution >= 0.6 is 34.5 Å². The lowest BCUT2D eigenvalue weighted by Gasteiger charge is -2.06. The first-order valence-corrected chi connectivity index (χ1v) is 13.4. The van der Waals surface area contributed by atoms with E-state index in [0.29, 0.717) is 54.4 Å². The molecule has 0 aliphatic rings. The molecule has 0 spiro atoms. The number of hydrogen-bond donors (Lipinski definition) is 0. The molecule has 3 aromatic heterocycles. The number of nitrogens with zero attached hydrogens (tertiary/aromatic N) is 5. The van der Waals surface area contributed by atoms with E-state index in [9.17, 15) is 9.18 Å². The van der Waals surface area contributed by atoms with E-state index < -0.39 is 5.82 Å². The van der Waals surface area contributed by atoms with Gasteiger partial charge in [-0.2, -0.15) is 14.6 Å². The highest BCUT2D eigenvalue weighted by atomic mass is 35.5. The predicted octanol–water partition coefficient (Wildman–Crippen LogP) is 6.06. The number of rotatable bonds is 6. The summed E-state index contributed by atoms with van der Waals surface area (Å²) in [6.45, 7) is 2.15. The minimum absolute atomic E-state index is 0.165. The summed E-state index contributed by atoms with van der Waals surface area (Å²) >= 11 is 13.5. The van der Waals surface area contributed by atoms with Crippen LogP contribution in [0.2, 0.25) is 10.0 Å². The van der Waals surface area contributed by atoms with Gasteiger partial charge in [0.25, 0.3) is 5.56 Å². The lowest BCUT2D eigenvalue weighted by atomic mass is 10.1. The van der Waals surface area contributed by atoms with Crippen molar-refractivity contribution in [3.8, 4) is 34.1 Å². The molecule has 39 heavy (non-hydrogen) atoms. The van der Waals surface area contributed by atoms with Crippen molar-refractivity contribution in [1.29, 1.82) is 0 Å². The Hall–Kier alpha value is -4.05. The fourth-order valence-corrected chi connectivity index (χ4v) is 5.50. The summed E-state index contributed by atoms with van der Waals surface area (Å²) in [4.78, 5) is 18.2. The third-order valence-electron chi connectivity index (χ3n) is 5.91. The van der Waals surface area contributed by atoms with Crippen LogP contribution in [0, 0.1) is 5.82 Å². The number of thiazole rings is 1. The molecule has 3 aromatic carbocycles. The largest absolute Gasteiger partial charge is 0.491 e. The molecule has 0 aliphatic heterocycles. The van der Waals surface area contributed by atoms with E-state index in [1.165, 1.54) is 21.9 Å². The van der Waals surface area contributed by atoms with Crippen molar-refractivity contribution in [2.45, 2.75) is 6.92 Å². The average Bonchev–Trinajstić information content (AvgIpc) is 3.61. The van der Waals surface area contributed by atoms with Gasteiger partial charge in [-0.25, -0.2) is 9.07 Å². The smallest absolute Gasteiger partial charge is 0.291 e. The van der Waals surface area contributed by atoms with Crippen LogP contribution < -0.4 is 14.8 Å². The lowest BCUT2D eigenvalue weighted by molar-refractivity contribution is 0.321. The molecule has 0 unspecified atom stereocenters. The van der Waals surface area contributed by atoms with Crippen LogP contribution in [0.3, 0.4) is 0 Å². The zero-order valence-electron chi connectivity index (χ0n) is 20.3. The minimum atomic E-state index is -0.494.